The number of fused-ring (bicyclic) bond motifs is 1. The Morgan fingerprint density at radius 2 is 1.95 bits per heavy atom. The molecule has 0 bridgehead atoms. The first-order valence-corrected chi connectivity index (χ1v) is 8.19. The van der Waals surface area contributed by atoms with E-state index in [0.29, 0.717) is 12.2 Å². The third-order valence-electron chi connectivity index (χ3n) is 3.87. The number of carboxylic acid groups (broad SMARTS) is 1. The minimum Gasteiger partial charge on any atom is -0.481 e. The van der Waals surface area contributed by atoms with Gasteiger partial charge in [0.1, 0.15) is 6.10 Å². The van der Waals surface area contributed by atoms with E-state index in [-0.39, 0.29) is 0 Å². The van der Waals surface area contributed by atoms with Crippen molar-refractivity contribution >= 4 is 5.97 Å². The molecule has 2 rings (SSSR count). The van der Waals surface area contributed by atoms with Crippen molar-refractivity contribution in [3.05, 3.63) is 11.6 Å². The van der Waals surface area contributed by atoms with Crippen LogP contribution >= 0.6 is 0 Å². The molecule has 0 amide bonds. The van der Waals surface area contributed by atoms with E-state index >= 15 is 0 Å². The van der Waals surface area contributed by atoms with E-state index in [4.69, 9.17) is 14.6 Å². The van der Waals surface area contributed by atoms with E-state index in [1.807, 2.05) is 0 Å². The number of allylic oxidation sites excluding steroid dienone is 1. The first-order valence-electron chi connectivity index (χ1n) is 8.19. The van der Waals surface area contributed by atoms with Gasteiger partial charge in [-0.25, -0.2) is 0 Å². The summed E-state index contributed by atoms with van der Waals surface area (Å²) < 4.78 is 5.63. The van der Waals surface area contributed by atoms with E-state index in [1.54, 1.807) is 5.57 Å². The Hall–Kier alpha value is -0.830. The van der Waals surface area contributed by atoms with Gasteiger partial charge >= 0.3 is 0 Å². The molecule has 0 aromatic rings. The van der Waals surface area contributed by atoms with Crippen LogP contribution in [0.3, 0.4) is 0 Å². The van der Waals surface area contributed by atoms with Crippen LogP contribution in [-0.4, -0.2) is 23.3 Å². The first kappa shape index (κ1) is 17.2. The number of unbranched alkanes of at least 4 members (excludes halogenated alkanes) is 6. The zero-order chi connectivity index (χ0) is 14.8. The summed E-state index contributed by atoms with van der Waals surface area (Å²) in [7, 11) is 0. The number of ether oxygens (including phenoxy) is 1. The molecule has 1 saturated heterocycles. The van der Waals surface area contributed by atoms with Crippen molar-refractivity contribution in [2.24, 2.45) is 0 Å². The lowest BCUT2D eigenvalue weighted by atomic mass is 9.94. The van der Waals surface area contributed by atoms with E-state index < -0.39 is 5.97 Å². The molecule has 1 N–H and O–H groups in total. The second-order valence-electron chi connectivity index (χ2n) is 5.84. The van der Waals surface area contributed by atoms with Crippen LogP contribution in [0.1, 0.15) is 78.1 Å². The Labute approximate surface area is 123 Å². The summed E-state index contributed by atoms with van der Waals surface area (Å²) >= 11 is 0. The van der Waals surface area contributed by atoms with Crippen LogP contribution in [-0.2, 0) is 9.53 Å². The highest BCUT2D eigenvalue weighted by Gasteiger charge is 2.43. The number of hydrogen-bond donors (Lipinski definition) is 1. The van der Waals surface area contributed by atoms with Crippen LogP contribution in [0, 0.1) is 0 Å². The van der Waals surface area contributed by atoms with Crippen molar-refractivity contribution in [2.45, 2.75) is 90.3 Å². The Balaban J connectivity index is 0.000000444. The van der Waals surface area contributed by atoms with E-state index in [2.05, 4.69) is 13.0 Å². The van der Waals surface area contributed by atoms with Gasteiger partial charge in [-0.05, 0) is 37.7 Å². The van der Waals surface area contributed by atoms with Gasteiger partial charge in [0, 0.05) is 6.92 Å². The SMILES string of the molecule is CC(=O)O.CCCCCCCC/C=C1\CCC[C@H]2O[C@@H]12. The predicted molar refractivity (Wildman–Crippen MR) is 81.9 cm³/mol. The van der Waals surface area contributed by atoms with E-state index in [9.17, 15) is 0 Å². The zero-order valence-corrected chi connectivity index (χ0v) is 13.1. The molecule has 3 nitrogen and oxygen atoms in total. The fourth-order valence-corrected chi connectivity index (χ4v) is 2.77. The topological polar surface area (TPSA) is 49.8 Å². The van der Waals surface area contributed by atoms with Gasteiger partial charge in [-0.1, -0.05) is 45.1 Å². The quantitative estimate of drug-likeness (QED) is 0.418. The second-order valence-corrected chi connectivity index (χ2v) is 5.84. The number of rotatable bonds is 7. The van der Waals surface area contributed by atoms with Gasteiger partial charge in [0.05, 0.1) is 6.10 Å². The normalized spacial score (nSPS) is 25.6. The molecule has 1 heterocycles. The number of aliphatic carboxylic acids is 1. The molecule has 0 radical (unpaired) electrons. The fraction of sp³-hybridized carbons (Fsp3) is 0.824. The number of carbonyl (C=O) groups is 1. The van der Waals surface area contributed by atoms with Gasteiger partial charge in [0.2, 0.25) is 0 Å². The molecule has 0 unspecified atom stereocenters. The monoisotopic (exact) mass is 282 g/mol. The maximum Gasteiger partial charge on any atom is 0.300 e. The van der Waals surface area contributed by atoms with Gasteiger partial charge in [0.15, 0.2) is 0 Å². The summed E-state index contributed by atoms with van der Waals surface area (Å²) in [6, 6.07) is 0. The summed E-state index contributed by atoms with van der Waals surface area (Å²) in [5, 5.41) is 7.42. The van der Waals surface area contributed by atoms with Crippen LogP contribution in [0.5, 0.6) is 0 Å². The minimum atomic E-state index is -0.833. The average Bonchev–Trinajstić information content (AvgIpc) is 3.17. The second kappa shape index (κ2) is 9.98. The van der Waals surface area contributed by atoms with Crippen molar-refractivity contribution in [3.63, 3.8) is 0 Å². The molecular weight excluding hydrogens is 252 g/mol. The Morgan fingerprint density at radius 3 is 2.65 bits per heavy atom. The Morgan fingerprint density at radius 1 is 1.30 bits per heavy atom. The molecule has 1 saturated carbocycles. The van der Waals surface area contributed by atoms with Crippen LogP contribution in [0.25, 0.3) is 0 Å². The first-order chi connectivity index (χ1) is 9.65. The molecule has 1 aliphatic heterocycles. The molecule has 3 heteroatoms. The molecule has 0 aromatic carbocycles. The Bertz CT molecular complexity index is 305. The highest BCUT2D eigenvalue weighted by atomic mass is 16.6. The molecule has 2 fully saturated rings. The van der Waals surface area contributed by atoms with Crippen LogP contribution in [0.15, 0.2) is 11.6 Å². The molecule has 20 heavy (non-hydrogen) atoms. The largest absolute Gasteiger partial charge is 0.481 e. The lowest BCUT2D eigenvalue weighted by Crippen LogP contribution is -2.05. The van der Waals surface area contributed by atoms with Crippen molar-refractivity contribution < 1.29 is 14.6 Å². The summed E-state index contributed by atoms with van der Waals surface area (Å²) in [6.07, 6.45) is 17.3. The molecule has 0 aromatic heterocycles. The van der Waals surface area contributed by atoms with Crippen LogP contribution in [0.4, 0.5) is 0 Å². The molecule has 2 aliphatic rings. The van der Waals surface area contributed by atoms with Crippen LogP contribution in [0.2, 0.25) is 0 Å². The van der Waals surface area contributed by atoms with Gasteiger partial charge in [0.25, 0.3) is 5.97 Å². The lowest BCUT2D eigenvalue weighted by molar-refractivity contribution is -0.134. The lowest BCUT2D eigenvalue weighted by Gasteiger charge is -2.08. The minimum absolute atomic E-state index is 0.550. The maximum absolute atomic E-state index is 9.00. The van der Waals surface area contributed by atoms with Gasteiger partial charge < -0.3 is 9.84 Å². The van der Waals surface area contributed by atoms with E-state index in [1.165, 1.54) is 64.2 Å². The number of epoxide rings is 1. The third-order valence-corrected chi connectivity index (χ3v) is 3.87. The van der Waals surface area contributed by atoms with Crippen molar-refractivity contribution in [2.75, 3.05) is 0 Å². The molecule has 116 valence electrons. The fourth-order valence-electron chi connectivity index (χ4n) is 2.77. The summed E-state index contributed by atoms with van der Waals surface area (Å²) in [4.78, 5) is 9.00. The predicted octanol–water partition coefficient (Wildman–Crippen LogP) is 4.71. The zero-order valence-electron chi connectivity index (χ0n) is 13.1. The molecular formula is C17H30O3. The standard InChI is InChI=1S/C15H26O.C2H4O2/c1-2-3-4-5-6-7-8-10-13-11-9-12-14-15(13)16-14;1-2(3)4/h10,14-15H,2-9,11-12H2,1H3;1H3,(H,3,4)/b13-10+;/t14-,15+;/m1./s1. The average molecular weight is 282 g/mol. The van der Waals surface area contributed by atoms with Gasteiger partial charge in [-0.3, -0.25) is 4.79 Å². The van der Waals surface area contributed by atoms with Gasteiger partial charge in [-0.2, -0.15) is 0 Å². The van der Waals surface area contributed by atoms with Crippen molar-refractivity contribution in [1.29, 1.82) is 0 Å². The molecule has 0 spiro atoms. The summed E-state index contributed by atoms with van der Waals surface area (Å²) in [6.45, 7) is 3.36. The highest BCUT2D eigenvalue weighted by molar-refractivity contribution is 5.62. The maximum atomic E-state index is 9.00. The molecule has 2 atom stereocenters. The number of carboxylic acids is 1. The summed E-state index contributed by atoms with van der Waals surface area (Å²) in [5.41, 5.74) is 1.62. The van der Waals surface area contributed by atoms with E-state index in [0.717, 1.165) is 6.92 Å². The highest BCUT2D eigenvalue weighted by Crippen LogP contribution is 2.40. The Kier molecular flexibility index (Phi) is 8.59. The van der Waals surface area contributed by atoms with Gasteiger partial charge in [-0.15, -0.1) is 0 Å². The number of hydrogen-bond acceptors (Lipinski definition) is 2. The molecule has 1 aliphatic carbocycles. The van der Waals surface area contributed by atoms with Crippen LogP contribution < -0.4 is 0 Å². The van der Waals surface area contributed by atoms with Crippen molar-refractivity contribution in [1.82, 2.24) is 0 Å². The van der Waals surface area contributed by atoms with Crippen molar-refractivity contribution in [3.8, 4) is 0 Å². The summed E-state index contributed by atoms with van der Waals surface area (Å²) in [5.74, 6) is -0.833. The third kappa shape index (κ3) is 7.68. The smallest absolute Gasteiger partial charge is 0.300 e.